The molecule has 5 heteroatoms. The Morgan fingerprint density at radius 2 is 2.06 bits per heavy atom. The Morgan fingerprint density at radius 1 is 1.28 bits per heavy atom. The molecule has 94 valence electrons. The maximum Gasteiger partial charge on any atom is 0.183 e. The molecule has 0 amide bonds. The number of pyridine rings is 1. The number of hydrogen-bond acceptors (Lipinski definition) is 3. The summed E-state index contributed by atoms with van der Waals surface area (Å²) in [5.41, 5.74) is 0.709. The van der Waals surface area contributed by atoms with E-state index < -0.39 is 5.82 Å². The predicted octanol–water partition coefficient (Wildman–Crippen LogP) is 3.49. The van der Waals surface area contributed by atoms with Gasteiger partial charge in [0, 0.05) is 7.05 Å². The fourth-order valence-corrected chi connectivity index (χ4v) is 1.61. The first kappa shape index (κ1) is 12.6. The van der Waals surface area contributed by atoms with Gasteiger partial charge in [0.1, 0.15) is 12.4 Å². The number of anilines is 1. The summed E-state index contributed by atoms with van der Waals surface area (Å²) in [4.78, 5) is 4.27. The van der Waals surface area contributed by atoms with Crippen molar-refractivity contribution in [1.29, 1.82) is 0 Å². The average Bonchev–Trinajstić information content (AvgIpc) is 2.41. The van der Waals surface area contributed by atoms with Gasteiger partial charge in [0.15, 0.2) is 11.6 Å². The van der Waals surface area contributed by atoms with E-state index in [0.29, 0.717) is 5.69 Å². The van der Waals surface area contributed by atoms with E-state index in [1.165, 1.54) is 12.1 Å². The minimum atomic E-state index is -0.552. The van der Waals surface area contributed by atoms with Crippen LogP contribution in [0.25, 0.3) is 0 Å². The molecule has 1 aromatic heterocycles. The number of ether oxygens (including phenoxy) is 1. The fraction of sp³-hybridized carbons (Fsp3) is 0.154. The number of halogens is 2. The van der Waals surface area contributed by atoms with Gasteiger partial charge >= 0.3 is 0 Å². The monoisotopic (exact) mass is 266 g/mol. The molecule has 2 rings (SSSR count). The smallest absolute Gasteiger partial charge is 0.183 e. The minimum Gasteiger partial charge on any atom is -0.484 e. The van der Waals surface area contributed by atoms with Gasteiger partial charge in [-0.05, 0) is 24.3 Å². The third kappa shape index (κ3) is 2.90. The Bertz CT molecular complexity index is 548. The number of aromatic nitrogens is 1. The number of hydrogen-bond donors (Lipinski definition) is 1. The summed E-state index contributed by atoms with van der Waals surface area (Å²) in [7, 11) is 1.78. The van der Waals surface area contributed by atoms with E-state index in [1.54, 1.807) is 13.1 Å². The maximum absolute atomic E-state index is 13.6. The zero-order valence-electron chi connectivity index (χ0n) is 9.78. The van der Waals surface area contributed by atoms with E-state index in [9.17, 15) is 4.39 Å². The number of nitrogens with zero attached hydrogens (tertiary/aromatic N) is 1. The Hall–Kier alpha value is -1.81. The summed E-state index contributed by atoms with van der Waals surface area (Å²) in [5.74, 6) is 0.311. The van der Waals surface area contributed by atoms with Gasteiger partial charge in [-0.2, -0.15) is 0 Å². The van der Waals surface area contributed by atoms with Gasteiger partial charge in [0.25, 0.3) is 0 Å². The van der Waals surface area contributed by atoms with Gasteiger partial charge < -0.3 is 10.1 Å². The first-order valence-corrected chi connectivity index (χ1v) is 5.79. The summed E-state index contributed by atoms with van der Waals surface area (Å²) < 4.78 is 18.9. The second-order valence-electron chi connectivity index (χ2n) is 3.60. The van der Waals surface area contributed by atoms with Crippen LogP contribution in [-0.4, -0.2) is 12.0 Å². The summed E-state index contributed by atoms with van der Waals surface area (Å²) >= 11 is 5.66. The Morgan fingerprint density at radius 3 is 2.83 bits per heavy atom. The molecule has 0 bridgehead atoms. The van der Waals surface area contributed by atoms with Crippen LogP contribution in [0.1, 0.15) is 5.69 Å². The third-order valence-electron chi connectivity index (χ3n) is 2.35. The lowest BCUT2D eigenvalue weighted by Gasteiger charge is -2.08. The first-order chi connectivity index (χ1) is 8.70. The highest BCUT2D eigenvalue weighted by molar-refractivity contribution is 6.30. The summed E-state index contributed by atoms with van der Waals surface area (Å²) in [6.45, 7) is 0.187. The molecular weight excluding hydrogens is 255 g/mol. The molecule has 3 nitrogen and oxygen atoms in total. The summed E-state index contributed by atoms with van der Waals surface area (Å²) in [5, 5.41) is 2.97. The summed E-state index contributed by atoms with van der Waals surface area (Å²) in [6.07, 6.45) is 0. The average molecular weight is 267 g/mol. The number of benzene rings is 1. The summed E-state index contributed by atoms with van der Waals surface area (Å²) in [6, 6.07) is 10.1. The van der Waals surface area contributed by atoms with Crippen LogP contribution >= 0.6 is 11.6 Å². The van der Waals surface area contributed by atoms with E-state index in [4.69, 9.17) is 16.3 Å². The van der Waals surface area contributed by atoms with Crippen LogP contribution in [0.15, 0.2) is 36.4 Å². The van der Waals surface area contributed by atoms with Crippen LogP contribution in [0.3, 0.4) is 0 Å². The first-order valence-electron chi connectivity index (χ1n) is 5.41. The molecule has 0 aliphatic heterocycles. The van der Waals surface area contributed by atoms with Crippen molar-refractivity contribution < 1.29 is 9.13 Å². The van der Waals surface area contributed by atoms with Gasteiger partial charge in [-0.3, -0.25) is 0 Å². The maximum atomic E-state index is 13.6. The molecule has 1 heterocycles. The Balaban J connectivity index is 2.09. The highest BCUT2D eigenvalue weighted by Crippen LogP contribution is 2.24. The standard InChI is InChI=1S/C13H12ClFN2O/c1-16-12-7-2-4-9(17-12)8-18-11-6-3-5-10(14)13(11)15/h2-7H,8H2,1H3,(H,16,17). The van der Waals surface area contributed by atoms with Crippen LogP contribution in [0.4, 0.5) is 10.2 Å². The highest BCUT2D eigenvalue weighted by Gasteiger charge is 2.07. The zero-order valence-corrected chi connectivity index (χ0v) is 10.5. The lowest BCUT2D eigenvalue weighted by Crippen LogP contribution is -2.02. The third-order valence-corrected chi connectivity index (χ3v) is 2.65. The molecule has 2 aromatic rings. The van der Waals surface area contributed by atoms with Crippen molar-refractivity contribution in [2.45, 2.75) is 6.61 Å². The molecule has 0 aliphatic rings. The minimum absolute atomic E-state index is 0.0458. The van der Waals surface area contributed by atoms with Gasteiger partial charge in [0.05, 0.1) is 10.7 Å². The molecule has 18 heavy (non-hydrogen) atoms. The van der Waals surface area contributed by atoms with Crippen LogP contribution in [0, 0.1) is 5.82 Å². The van der Waals surface area contributed by atoms with Crippen LogP contribution < -0.4 is 10.1 Å². The van der Waals surface area contributed by atoms with Gasteiger partial charge in [-0.15, -0.1) is 0 Å². The molecule has 0 atom stereocenters. The molecule has 0 fully saturated rings. The second kappa shape index (κ2) is 5.69. The van der Waals surface area contributed by atoms with E-state index in [1.807, 2.05) is 18.2 Å². The predicted molar refractivity (Wildman–Crippen MR) is 69.5 cm³/mol. The van der Waals surface area contributed by atoms with Crippen molar-refractivity contribution in [3.05, 3.63) is 52.9 Å². The van der Waals surface area contributed by atoms with Crippen molar-refractivity contribution in [1.82, 2.24) is 4.98 Å². The van der Waals surface area contributed by atoms with Crippen LogP contribution in [-0.2, 0) is 6.61 Å². The number of rotatable bonds is 4. The van der Waals surface area contributed by atoms with E-state index in [0.717, 1.165) is 5.82 Å². The van der Waals surface area contributed by atoms with E-state index in [2.05, 4.69) is 10.3 Å². The Labute approximate surface area is 110 Å². The molecule has 0 saturated heterocycles. The van der Waals surface area contributed by atoms with Crippen LogP contribution in [0.2, 0.25) is 5.02 Å². The zero-order chi connectivity index (χ0) is 13.0. The lowest BCUT2D eigenvalue weighted by molar-refractivity contribution is 0.286. The molecular formula is C13H12ClFN2O. The molecule has 0 radical (unpaired) electrons. The molecule has 1 N–H and O–H groups in total. The van der Waals surface area contributed by atoms with Crippen molar-refractivity contribution >= 4 is 17.4 Å². The van der Waals surface area contributed by atoms with Crippen molar-refractivity contribution in [3.8, 4) is 5.75 Å². The van der Waals surface area contributed by atoms with E-state index in [-0.39, 0.29) is 17.4 Å². The molecule has 1 aromatic carbocycles. The van der Waals surface area contributed by atoms with Crippen LogP contribution in [0.5, 0.6) is 5.75 Å². The van der Waals surface area contributed by atoms with Crippen molar-refractivity contribution in [2.75, 3.05) is 12.4 Å². The largest absolute Gasteiger partial charge is 0.484 e. The molecule has 0 saturated carbocycles. The fourth-order valence-electron chi connectivity index (χ4n) is 1.45. The lowest BCUT2D eigenvalue weighted by atomic mass is 10.3. The Kier molecular flexibility index (Phi) is 3.99. The quantitative estimate of drug-likeness (QED) is 0.920. The van der Waals surface area contributed by atoms with Gasteiger partial charge in [-0.1, -0.05) is 23.7 Å². The van der Waals surface area contributed by atoms with Gasteiger partial charge in [0.2, 0.25) is 0 Å². The van der Waals surface area contributed by atoms with Gasteiger partial charge in [-0.25, -0.2) is 9.37 Å². The molecule has 0 unspecified atom stereocenters. The van der Waals surface area contributed by atoms with E-state index >= 15 is 0 Å². The highest BCUT2D eigenvalue weighted by atomic mass is 35.5. The molecule has 0 spiro atoms. The number of nitrogens with one attached hydrogen (secondary N) is 1. The molecule has 0 aliphatic carbocycles. The topological polar surface area (TPSA) is 34.1 Å². The van der Waals surface area contributed by atoms with Crippen molar-refractivity contribution in [2.24, 2.45) is 0 Å². The van der Waals surface area contributed by atoms with Crippen molar-refractivity contribution in [3.63, 3.8) is 0 Å². The second-order valence-corrected chi connectivity index (χ2v) is 4.01. The normalized spacial score (nSPS) is 10.2. The SMILES string of the molecule is CNc1cccc(COc2cccc(Cl)c2F)n1.